The summed E-state index contributed by atoms with van der Waals surface area (Å²) >= 11 is 0. The van der Waals surface area contributed by atoms with Crippen LogP contribution in [0.2, 0.25) is 0 Å². The minimum absolute atomic E-state index is 0.000388. The monoisotopic (exact) mass is 229 g/mol. The fraction of sp³-hybridized carbons (Fsp3) is 0.400. The van der Waals surface area contributed by atoms with E-state index < -0.39 is 0 Å². The van der Waals surface area contributed by atoms with Crippen LogP contribution in [0.5, 0.6) is 0 Å². The largest absolute Gasteiger partial charge is 0.392 e. The van der Waals surface area contributed by atoms with Gasteiger partial charge in [0.25, 0.3) is 0 Å². The molecule has 0 radical (unpaired) electrons. The lowest BCUT2D eigenvalue weighted by molar-refractivity contribution is 0.283. The summed E-state index contributed by atoms with van der Waals surface area (Å²) in [6, 6.07) is 8.10. The fourth-order valence-electron chi connectivity index (χ4n) is 1.98. The second kappa shape index (κ2) is 4.11. The van der Waals surface area contributed by atoms with E-state index in [2.05, 4.69) is 33.8 Å². The molecule has 1 N–H and O–H groups in total. The molecule has 0 unspecified atom stereocenters. The first-order valence-corrected chi connectivity index (χ1v) is 5.94. The zero-order chi connectivity index (χ0) is 12.6. The van der Waals surface area contributed by atoms with E-state index >= 15 is 0 Å². The van der Waals surface area contributed by atoms with Gasteiger partial charge in [-0.2, -0.15) is 0 Å². The summed E-state index contributed by atoms with van der Waals surface area (Å²) < 4.78 is 0. The number of nitrogens with zero attached hydrogens (tertiary/aromatic N) is 1. The van der Waals surface area contributed by atoms with E-state index in [1.54, 1.807) is 0 Å². The van der Waals surface area contributed by atoms with E-state index in [-0.39, 0.29) is 12.0 Å². The lowest BCUT2D eigenvalue weighted by Crippen LogP contribution is -2.14. The first-order valence-electron chi connectivity index (χ1n) is 5.94. The maximum Gasteiger partial charge on any atom is 0.0738 e. The van der Waals surface area contributed by atoms with Gasteiger partial charge in [0.15, 0.2) is 0 Å². The fourth-order valence-corrected chi connectivity index (χ4v) is 1.98. The number of pyridine rings is 1. The van der Waals surface area contributed by atoms with Crippen molar-refractivity contribution in [1.82, 2.24) is 4.98 Å². The number of hydrogen-bond donors (Lipinski definition) is 1. The van der Waals surface area contributed by atoms with Crippen LogP contribution in [0.4, 0.5) is 0 Å². The van der Waals surface area contributed by atoms with Gasteiger partial charge in [0, 0.05) is 16.5 Å². The molecule has 0 saturated carbocycles. The molecule has 2 rings (SSSR count). The van der Waals surface area contributed by atoms with E-state index in [4.69, 9.17) is 4.98 Å². The van der Waals surface area contributed by atoms with Crippen LogP contribution in [0.15, 0.2) is 24.3 Å². The molecule has 0 bridgehead atoms. The molecule has 2 heteroatoms. The van der Waals surface area contributed by atoms with Crippen molar-refractivity contribution < 1.29 is 5.11 Å². The van der Waals surface area contributed by atoms with E-state index in [0.717, 1.165) is 27.7 Å². The highest BCUT2D eigenvalue weighted by Gasteiger charge is 2.18. The lowest BCUT2D eigenvalue weighted by Gasteiger charge is -2.20. The van der Waals surface area contributed by atoms with Gasteiger partial charge >= 0.3 is 0 Å². The maximum atomic E-state index is 9.49. The average molecular weight is 229 g/mol. The third-order valence-corrected chi connectivity index (χ3v) is 3.07. The van der Waals surface area contributed by atoms with Crippen LogP contribution >= 0.6 is 0 Å². The summed E-state index contributed by atoms with van der Waals surface area (Å²) in [6.07, 6.45) is 0. The summed E-state index contributed by atoms with van der Waals surface area (Å²) in [7, 11) is 0. The zero-order valence-corrected chi connectivity index (χ0v) is 10.9. The van der Waals surface area contributed by atoms with Gasteiger partial charge in [0.05, 0.1) is 12.1 Å². The Balaban J connectivity index is 2.81. The van der Waals surface area contributed by atoms with Crippen LogP contribution in [0.25, 0.3) is 10.9 Å². The first kappa shape index (κ1) is 12.1. The minimum Gasteiger partial charge on any atom is -0.392 e. The molecule has 0 atom stereocenters. The smallest absolute Gasteiger partial charge is 0.0738 e. The Hall–Kier alpha value is -1.41. The molecule has 90 valence electrons. The molecule has 0 saturated heterocycles. The summed E-state index contributed by atoms with van der Waals surface area (Å²) in [6.45, 7) is 8.54. The number of para-hydroxylation sites is 1. The first-order chi connectivity index (χ1) is 7.93. The van der Waals surface area contributed by atoms with Crippen molar-refractivity contribution in [3.8, 4) is 0 Å². The molecule has 1 aromatic carbocycles. The van der Waals surface area contributed by atoms with E-state index in [0.29, 0.717) is 0 Å². The summed E-state index contributed by atoms with van der Waals surface area (Å²) in [5.74, 6) is 0. The van der Waals surface area contributed by atoms with Crippen molar-refractivity contribution in [3.05, 3.63) is 41.1 Å². The van der Waals surface area contributed by atoms with Crippen molar-refractivity contribution in [2.24, 2.45) is 0 Å². The van der Waals surface area contributed by atoms with Gasteiger partial charge in [0.1, 0.15) is 0 Å². The van der Waals surface area contributed by atoms with Gasteiger partial charge in [-0.05, 0) is 24.1 Å². The van der Waals surface area contributed by atoms with Gasteiger partial charge in [-0.1, -0.05) is 39.0 Å². The van der Waals surface area contributed by atoms with Gasteiger partial charge in [-0.3, -0.25) is 4.98 Å². The summed E-state index contributed by atoms with van der Waals surface area (Å²) in [4.78, 5) is 4.74. The van der Waals surface area contributed by atoms with Crippen molar-refractivity contribution in [1.29, 1.82) is 0 Å². The van der Waals surface area contributed by atoms with Crippen LogP contribution in [0.3, 0.4) is 0 Å². The Bertz CT molecular complexity index is 553. The van der Waals surface area contributed by atoms with Gasteiger partial charge in [0.2, 0.25) is 0 Å². The van der Waals surface area contributed by atoms with E-state index in [1.165, 1.54) is 0 Å². The predicted octanol–water partition coefficient (Wildman–Crippen LogP) is 3.33. The molecule has 1 heterocycles. The maximum absolute atomic E-state index is 9.49. The second-order valence-electron chi connectivity index (χ2n) is 5.55. The molecule has 17 heavy (non-hydrogen) atoms. The zero-order valence-electron chi connectivity index (χ0n) is 10.9. The Labute approximate surface area is 102 Å². The number of fused-ring (bicyclic) bond motifs is 1. The molecule has 0 fully saturated rings. The molecule has 2 aromatic rings. The standard InChI is InChI=1S/C15H19NO/c1-10-6-5-7-12-11(9-17)8-13(15(2,3)4)16-14(10)12/h5-8,17H,9H2,1-4H3. The highest BCUT2D eigenvalue weighted by atomic mass is 16.3. The molecule has 0 aliphatic heterocycles. The van der Waals surface area contributed by atoms with Crippen molar-refractivity contribution in [3.63, 3.8) is 0 Å². The summed E-state index contributed by atoms with van der Waals surface area (Å²) in [5, 5.41) is 10.5. The Morgan fingerprint density at radius 3 is 2.53 bits per heavy atom. The number of aryl methyl sites for hydroxylation is 1. The molecular formula is C15H19NO. The topological polar surface area (TPSA) is 33.1 Å². The number of hydrogen-bond acceptors (Lipinski definition) is 2. The summed E-state index contributed by atoms with van der Waals surface area (Å²) in [5.41, 5.74) is 4.15. The Kier molecular flexibility index (Phi) is 2.92. The lowest BCUT2D eigenvalue weighted by atomic mass is 9.89. The van der Waals surface area contributed by atoms with Crippen LogP contribution in [0.1, 0.15) is 37.6 Å². The van der Waals surface area contributed by atoms with E-state index in [9.17, 15) is 5.11 Å². The number of aromatic nitrogens is 1. The van der Waals surface area contributed by atoms with Crippen molar-refractivity contribution in [2.75, 3.05) is 0 Å². The van der Waals surface area contributed by atoms with Crippen LogP contribution < -0.4 is 0 Å². The van der Waals surface area contributed by atoms with Gasteiger partial charge in [-0.25, -0.2) is 0 Å². The van der Waals surface area contributed by atoms with Gasteiger partial charge < -0.3 is 5.11 Å². The van der Waals surface area contributed by atoms with Gasteiger partial charge in [-0.15, -0.1) is 0 Å². The van der Waals surface area contributed by atoms with Crippen LogP contribution in [-0.4, -0.2) is 10.1 Å². The average Bonchev–Trinajstić information content (AvgIpc) is 2.27. The number of benzene rings is 1. The van der Waals surface area contributed by atoms with Crippen molar-refractivity contribution >= 4 is 10.9 Å². The Morgan fingerprint density at radius 2 is 1.94 bits per heavy atom. The third kappa shape index (κ3) is 2.18. The second-order valence-corrected chi connectivity index (χ2v) is 5.55. The quantitative estimate of drug-likeness (QED) is 0.813. The van der Waals surface area contributed by atoms with Crippen LogP contribution in [0, 0.1) is 6.92 Å². The van der Waals surface area contributed by atoms with Crippen molar-refractivity contribution in [2.45, 2.75) is 39.7 Å². The Morgan fingerprint density at radius 1 is 1.24 bits per heavy atom. The number of rotatable bonds is 1. The molecule has 0 aliphatic carbocycles. The van der Waals surface area contributed by atoms with E-state index in [1.807, 2.05) is 18.2 Å². The number of aliphatic hydroxyl groups excluding tert-OH is 1. The molecule has 2 nitrogen and oxygen atoms in total. The normalized spacial score (nSPS) is 12.1. The molecule has 0 amide bonds. The molecular weight excluding hydrogens is 210 g/mol. The highest BCUT2D eigenvalue weighted by molar-refractivity contribution is 5.85. The number of aliphatic hydroxyl groups is 1. The predicted molar refractivity (Wildman–Crippen MR) is 71.1 cm³/mol. The highest BCUT2D eigenvalue weighted by Crippen LogP contribution is 2.27. The SMILES string of the molecule is Cc1cccc2c(CO)cc(C(C)(C)C)nc12. The van der Waals surface area contributed by atoms with Crippen LogP contribution in [-0.2, 0) is 12.0 Å². The molecule has 0 aliphatic rings. The third-order valence-electron chi connectivity index (χ3n) is 3.07. The molecule has 1 aromatic heterocycles. The molecule has 0 spiro atoms. The minimum atomic E-state index is 0.000388.